The van der Waals surface area contributed by atoms with Gasteiger partial charge in [0.2, 0.25) is 5.91 Å². The fourth-order valence-electron chi connectivity index (χ4n) is 1.72. The van der Waals surface area contributed by atoms with Crippen molar-refractivity contribution in [1.29, 1.82) is 0 Å². The fraction of sp³-hybridized carbons (Fsp3) is 0.235. The molecule has 1 aromatic carbocycles. The summed E-state index contributed by atoms with van der Waals surface area (Å²) in [6, 6.07) is 10.6. The summed E-state index contributed by atoms with van der Waals surface area (Å²) in [5.41, 5.74) is 3.69. The van der Waals surface area contributed by atoms with Crippen LogP contribution in [0, 0.1) is 6.92 Å². The predicted molar refractivity (Wildman–Crippen MR) is 93.7 cm³/mol. The van der Waals surface area contributed by atoms with Crippen LogP contribution in [0.3, 0.4) is 0 Å². The molecule has 0 radical (unpaired) electrons. The molecule has 0 saturated carbocycles. The first-order valence-corrected chi connectivity index (χ1v) is 8.95. The molecular formula is C17H19NOS2. The zero-order valence-corrected chi connectivity index (χ0v) is 13.7. The number of rotatable bonds is 7. The van der Waals surface area contributed by atoms with Gasteiger partial charge in [0.05, 0.1) is 0 Å². The van der Waals surface area contributed by atoms with Crippen molar-refractivity contribution in [1.82, 2.24) is 5.32 Å². The Kier molecular flexibility index (Phi) is 6.57. The van der Waals surface area contributed by atoms with Crippen molar-refractivity contribution in [2.75, 3.05) is 12.3 Å². The average molecular weight is 317 g/mol. The Balaban J connectivity index is 1.59. The third-order valence-electron chi connectivity index (χ3n) is 2.91. The minimum atomic E-state index is -0.0304. The summed E-state index contributed by atoms with van der Waals surface area (Å²) in [5.74, 6) is 1.88. The van der Waals surface area contributed by atoms with Crippen molar-refractivity contribution < 1.29 is 4.79 Å². The maximum absolute atomic E-state index is 11.6. The number of benzene rings is 1. The third-order valence-corrected chi connectivity index (χ3v) is 4.64. The maximum atomic E-state index is 11.6. The van der Waals surface area contributed by atoms with E-state index in [1.807, 2.05) is 34.7 Å². The topological polar surface area (TPSA) is 29.1 Å². The SMILES string of the molecule is Cc1ccc(CSCCNC(=O)/C=C/c2ccsc2)cc1. The lowest BCUT2D eigenvalue weighted by atomic mass is 10.2. The lowest BCUT2D eigenvalue weighted by Gasteiger charge is -2.03. The maximum Gasteiger partial charge on any atom is 0.244 e. The van der Waals surface area contributed by atoms with E-state index in [0.29, 0.717) is 6.54 Å². The second-order valence-electron chi connectivity index (χ2n) is 4.72. The Bertz CT molecular complexity index is 573. The van der Waals surface area contributed by atoms with E-state index in [4.69, 9.17) is 0 Å². The van der Waals surface area contributed by atoms with E-state index in [2.05, 4.69) is 36.5 Å². The van der Waals surface area contributed by atoms with Gasteiger partial charge < -0.3 is 5.32 Å². The molecule has 0 atom stereocenters. The predicted octanol–water partition coefficient (Wildman–Crippen LogP) is 4.12. The number of hydrogen-bond acceptors (Lipinski definition) is 3. The minimum Gasteiger partial charge on any atom is -0.352 e. The standard InChI is InChI=1S/C17H19NOS2/c1-14-2-4-15(5-3-14)12-21-11-9-18-17(19)7-6-16-8-10-20-13-16/h2-8,10,13H,9,11-12H2,1H3,(H,18,19)/b7-6+. The van der Waals surface area contributed by atoms with Gasteiger partial charge in [-0.15, -0.1) is 0 Å². The Morgan fingerprint density at radius 1 is 1.29 bits per heavy atom. The molecule has 0 aliphatic heterocycles. The molecule has 0 saturated heterocycles. The molecule has 110 valence electrons. The lowest BCUT2D eigenvalue weighted by molar-refractivity contribution is -0.116. The van der Waals surface area contributed by atoms with Crippen LogP contribution in [-0.4, -0.2) is 18.2 Å². The van der Waals surface area contributed by atoms with Crippen molar-refractivity contribution in [2.45, 2.75) is 12.7 Å². The quantitative estimate of drug-likeness (QED) is 0.615. The van der Waals surface area contributed by atoms with Crippen molar-refractivity contribution >= 4 is 35.1 Å². The number of hydrogen-bond donors (Lipinski definition) is 1. The van der Waals surface area contributed by atoms with Crippen LogP contribution < -0.4 is 5.32 Å². The Morgan fingerprint density at radius 3 is 2.81 bits per heavy atom. The molecular weight excluding hydrogens is 298 g/mol. The zero-order chi connectivity index (χ0) is 14.9. The van der Waals surface area contributed by atoms with Gasteiger partial charge >= 0.3 is 0 Å². The Labute approximate surface area is 134 Å². The van der Waals surface area contributed by atoms with Crippen molar-refractivity contribution in [3.63, 3.8) is 0 Å². The van der Waals surface area contributed by atoms with Crippen molar-refractivity contribution in [3.8, 4) is 0 Å². The normalized spacial score (nSPS) is 10.9. The van der Waals surface area contributed by atoms with Crippen LogP contribution in [0.15, 0.2) is 47.2 Å². The molecule has 0 unspecified atom stereocenters. The highest BCUT2D eigenvalue weighted by atomic mass is 32.2. The summed E-state index contributed by atoms with van der Waals surface area (Å²) in [7, 11) is 0. The van der Waals surface area contributed by atoms with Gasteiger partial charge in [0.25, 0.3) is 0 Å². The van der Waals surface area contributed by atoms with Crippen LogP contribution in [0.25, 0.3) is 6.08 Å². The molecule has 1 N–H and O–H groups in total. The van der Waals surface area contributed by atoms with E-state index in [-0.39, 0.29) is 5.91 Å². The van der Waals surface area contributed by atoms with Gasteiger partial charge in [-0.2, -0.15) is 23.1 Å². The van der Waals surface area contributed by atoms with Gasteiger partial charge in [0, 0.05) is 24.1 Å². The van der Waals surface area contributed by atoms with Crippen LogP contribution in [0.4, 0.5) is 0 Å². The first-order valence-electron chi connectivity index (χ1n) is 6.85. The molecule has 0 bridgehead atoms. The van der Waals surface area contributed by atoms with E-state index in [1.54, 1.807) is 17.4 Å². The van der Waals surface area contributed by atoms with E-state index in [9.17, 15) is 4.79 Å². The van der Waals surface area contributed by atoms with Crippen LogP contribution >= 0.6 is 23.1 Å². The van der Waals surface area contributed by atoms with Crippen molar-refractivity contribution in [2.24, 2.45) is 0 Å². The molecule has 0 fully saturated rings. The fourth-order valence-corrected chi connectivity index (χ4v) is 3.17. The van der Waals surface area contributed by atoms with E-state index in [1.165, 1.54) is 11.1 Å². The summed E-state index contributed by atoms with van der Waals surface area (Å²) in [6.07, 6.45) is 3.43. The summed E-state index contributed by atoms with van der Waals surface area (Å²) >= 11 is 3.46. The number of nitrogens with one attached hydrogen (secondary N) is 1. The minimum absolute atomic E-state index is 0.0304. The number of carbonyl (C=O) groups excluding carboxylic acids is 1. The van der Waals surface area contributed by atoms with E-state index < -0.39 is 0 Å². The highest BCUT2D eigenvalue weighted by Gasteiger charge is 1.97. The van der Waals surface area contributed by atoms with Crippen LogP contribution in [0.1, 0.15) is 16.7 Å². The third kappa shape index (κ3) is 6.19. The molecule has 1 aromatic heterocycles. The Morgan fingerprint density at radius 2 is 2.10 bits per heavy atom. The van der Waals surface area contributed by atoms with E-state index >= 15 is 0 Å². The van der Waals surface area contributed by atoms with Gasteiger partial charge in [-0.1, -0.05) is 29.8 Å². The molecule has 2 nitrogen and oxygen atoms in total. The first-order chi connectivity index (χ1) is 10.2. The zero-order valence-electron chi connectivity index (χ0n) is 12.0. The smallest absolute Gasteiger partial charge is 0.244 e. The number of aryl methyl sites for hydroxylation is 1. The number of amides is 1. The van der Waals surface area contributed by atoms with Gasteiger partial charge in [-0.05, 0) is 41.0 Å². The number of carbonyl (C=O) groups is 1. The summed E-state index contributed by atoms with van der Waals surface area (Å²) < 4.78 is 0. The molecule has 1 heterocycles. The van der Waals surface area contributed by atoms with Gasteiger partial charge in [-0.3, -0.25) is 4.79 Å². The largest absolute Gasteiger partial charge is 0.352 e. The van der Waals surface area contributed by atoms with Gasteiger partial charge in [0.15, 0.2) is 0 Å². The highest BCUT2D eigenvalue weighted by Crippen LogP contribution is 2.12. The first kappa shape index (κ1) is 15.9. The van der Waals surface area contributed by atoms with Gasteiger partial charge in [0.1, 0.15) is 0 Å². The molecule has 21 heavy (non-hydrogen) atoms. The van der Waals surface area contributed by atoms with Crippen LogP contribution in [0.2, 0.25) is 0 Å². The second-order valence-corrected chi connectivity index (χ2v) is 6.60. The number of thioether (sulfide) groups is 1. The van der Waals surface area contributed by atoms with Crippen LogP contribution in [-0.2, 0) is 10.5 Å². The lowest BCUT2D eigenvalue weighted by Crippen LogP contribution is -2.23. The molecule has 0 aliphatic carbocycles. The molecule has 0 spiro atoms. The van der Waals surface area contributed by atoms with E-state index in [0.717, 1.165) is 17.1 Å². The summed E-state index contributed by atoms with van der Waals surface area (Å²) in [5, 5.41) is 6.91. The van der Waals surface area contributed by atoms with Gasteiger partial charge in [-0.25, -0.2) is 0 Å². The Hall–Kier alpha value is -1.52. The second kappa shape index (κ2) is 8.70. The molecule has 2 rings (SSSR count). The molecule has 0 aliphatic rings. The monoisotopic (exact) mass is 317 g/mol. The number of thiophene rings is 1. The summed E-state index contributed by atoms with van der Waals surface area (Å²) in [4.78, 5) is 11.6. The highest BCUT2D eigenvalue weighted by molar-refractivity contribution is 7.98. The van der Waals surface area contributed by atoms with Crippen LogP contribution in [0.5, 0.6) is 0 Å². The average Bonchev–Trinajstić information content (AvgIpc) is 3.00. The molecule has 1 amide bonds. The van der Waals surface area contributed by atoms with Crippen molar-refractivity contribution in [3.05, 3.63) is 63.9 Å². The summed E-state index contributed by atoms with van der Waals surface area (Å²) in [6.45, 7) is 2.79. The molecule has 2 aromatic rings. The molecule has 4 heteroatoms.